The van der Waals surface area contributed by atoms with Crippen LogP contribution in [0.2, 0.25) is 0 Å². The molecule has 1 amide bonds. The average molecular weight is 494 g/mol. The standard InChI is InChI=1S/C25H28BrN5O/c1-3-4-5-6-9-14-28-25(32)21-22-24(30-20-11-8-7-10-19(20)29-22)31(23(21)27)17-12-13-18(26)16(2)15-17/h7-8,10-13,15H,3-6,9,14,27H2,1-2H3,(H,28,32). The summed E-state index contributed by atoms with van der Waals surface area (Å²) in [6.45, 7) is 4.83. The molecule has 4 rings (SSSR count). The molecule has 0 unspecified atom stereocenters. The van der Waals surface area contributed by atoms with E-state index in [1.807, 2.05) is 54.0 Å². The summed E-state index contributed by atoms with van der Waals surface area (Å²) in [4.78, 5) is 22.8. The number of amides is 1. The van der Waals surface area contributed by atoms with E-state index in [0.29, 0.717) is 29.1 Å². The zero-order valence-corrected chi connectivity index (χ0v) is 20.1. The van der Waals surface area contributed by atoms with Crippen molar-refractivity contribution in [1.82, 2.24) is 19.9 Å². The van der Waals surface area contributed by atoms with Crippen molar-refractivity contribution >= 4 is 49.9 Å². The van der Waals surface area contributed by atoms with Crippen molar-refractivity contribution < 1.29 is 4.79 Å². The van der Waals surface area contributed by atoms with Crippen molar-refractivity contribution in [2.24, 2.45) is 0 Å². The molecular weight excluding hydrogens is 466 g/mol. The molecule has 0 spiro atoms. The second-order valence-corrected chi connectivity index (χ2v) is 8.94. The largest absolute Gasteiger partial charge is 0.384 e. The van der Waals surface area contributed by atoms with Crippen LogP contribution in [0.4, 0.5) is 5.82 Å². The Kier molecular flexibility index (Phi) is 6.74. The third kappa shape index (κ3) is 4.35. The van der Waals surface area contributed by atoms with Gasteiger partial charge >= 0.3 is 0 Å². The van der Waals surface area contributed by atoms with Crippen molar-refractivity contribution in [2.45, 2.75) is 46.0 Å². The molecule has 0 saturated heterocycles. The molecule has 2 aromatic heterocycles. The first-order chi connectivity index (χ1) is 15.5. The normalized spacial score (nSPS) is 11.3. The van der Waals surface area contributed by atoms with Gasteiger partial charge in [-0.3, -0.25) is 9.36 Å². The Bertz CT molecular complexity index is 1280. The molecule has 4 aromatic rings. The van der Waals surface area contributed by atoms with Gasteiger partial charge in [-0.05, 0) is 49.2 Å². The molecule has 0 bridgehead atoms. The Labute approximate surface area is 196 Å². The van der Waals surface area contributed by atoms with Gasteiger partial charge in [0.25, 0.3) is 5.91 Å². The summed E-state index contributed by atoms with van der Waals surface area (Å²) < 4.78 is 2.83. The van der Waals surface area contributed by atoms with Crippen molar-refractivity contribution in [3.63, 3.8) is 0 Å². The Hall–Kier alpha value is -2.93. The van der Waals surface area contributed by atoms with Crippen LogP contribution >= 0.6 is 15.9 Å². The van der Waals surface area contributed by atoms with Gasteiger partial charge in [0.1, 0.15) is 16.9 Å². The first-order valence-electron chi connectivity index (χ1n) is 11.1. The monoisotopic (exact) mass is 493 g/mol. The highest BCUT2D eigenvalue weighted by molar-refractivity contribution is 9.10. The fraction of sp³-hybridized carbons (Fsp3) is 0.320. The lowest BCUT2D eigenvalue weighted by Gasteiger charge is -2.10. The number of aromatic nitrogens is 3. The van der Waals surface area contributed by atoms with Crippen molar-refractivity contribution in [2.75, 3.05) is 12.3 Å². The van der Waals surface area contributed by atoms with Gasteiger partial charge in [0, 0.05) is 16.7 Å². The number of para-hydroxylation sites is 2. The van der Waals surface area contributed by atoms with E-state index in [0.717, 1.165) is 39.6 Å². The van der Waals surface area contributed by atoms with Crippen LogP contribution in [0.25, 0.3) is 27.9 Å². The minimum Gasteiger partial charge on any atom is -0.384 e. The molecule has 3 N–H and O–H groups in total. The number of nitrogens with two attached hydrogens (primary N) is 1. The van der Waals surface area contributed by atoms with Crippen LogP contribution in [0.3, 0.4) is 0 Å². The number of carbonyl (C=O) groups excluding carboxylic acids is 1. The van der Waals surface area contributed by atoms with Gasteiger partial charge in [-0.15, -0.1) is 0 Å². The number of carbonyl (C=O) groups is 1. The Morgan fingerprint density at radius 3 is 2.50 bits per heavy atom. The average Bonchev–Trinajstić information content (AvgIpc) is 3.07. The number of aryl methyl sites for hydroxylation is 1. The SMILES string of the molecule is CCCCCCCNC(=O)c1c(N)n(-c2ccc(Br)c(C)c2)c2nc3ccccc3nc12. The Morgan fingerprint density at radius 1 is 1.06 bits per heavy atom. The number of rotatable bonds is 8. The summed E-state index contributed by atoms with van der Waals surface area (Å²) >= 11 is 3.55. The third-order valence-corrected chi connectivity index (χ3v) is 6.58. The quantitative estimate of drug-likeness (QED) is 0.298. The maximum absolute atomic E-state index is 13.2. The molecule has 6 nitrogen and oxygen atoms in total. The van der Waals surface area contributed by atoms with Crippen molar-refractivity contribution in [3.05, 3.63) is 58.1 Å². The molecule has 32 heavy (non-hydrogen) atoms. The number of hydrogen-bond donors (Lipinski definition) is 2. The van der Waals surface area contributed by atoms with Crippen LogP contribution in [-0.4, -0.2) is 27.0 Å². The Balaban J connectivity index is 1.78. The molecule has 7 heteroatoms. The Morgan fingerprint density at radius 2 is 1.78 bits per heavy atom. The van der Waals surface area contributed by atoms with Crippen LogP contribution in [0.1, 0.15) is 54.9 Å². The third-order valence-electron chi connectivity index (χ3n) is 5.69. The molecule has 0 aliphatic heterocycles. The minimum atomic E-state index is -0.208. The van der Waals surface area contributed by atoms with E-state index in [2.05, 4.69) is 28.2 Å². The van der Waals surface area contributed by atoms with E-state index >= 15 is 0 Å². The zero-order valence-electron chi connectivity index (χ0n) is 18.5. The molecule has 2 aromatic carbocycles. The number of anilines is 1. The topological polar surface area (TPSA) is 85.8 Å². The molecule has 0 aliphatic carbocycles. The van der Waals surface area contributed by atoms with Gasteiger partial charge in [0.15, 0.2) is 5.65 Å². The molecule has 0 fully saturated rings. The number of nitrogens with one attached hydrogen (secondary N) is 1. The lowest BCUT2D eigenvalue weighted by atomic mass is 10.1. The highest BCUT2D eigenvalue weighted by atomic mass is 79.9. The maximum Gasteiger partial charge on any atom is 0.257 e. The molecule has 0 saturated carbocycles. The first-order valence-corrected chi connectivity index (χ1v) is 11.9. The van der Waals surface area contributed by atoms with Gasteiger partial charge < -0.3 is 11.1 Å². The lowest BCUT2D eigenvalue weighted by Crippen LogP contribution is -2.25. The van der Waals surface area contributed by atoms with E-state index in [-0.39, 0.29) is 5.91 Å². The van der Waals surface area contributed by atoms with E-state index in [1.54, 1.807) is 0 Å². The predicted octanol–water partition coefficient (Wildman–Crippen LogP) is 5.93. The fourth-order valence-corrected chi connectivity index (χ4v) is 4.18. The summed E-state index contributed by atoms with van der Waals surface area (Å²) in [6.07, 6.45) is 5.67. The minimum absolute atomic E-state index is 0.208. The summed E-state index contributed by atoms with van der Waals surface area (Å²) in [6, 6.07) is 13.6. The van der Waals surface area contributed by atoms with Crippen molar-refractivity contribution in [1.29, 1.82) is 0 Å². The molecule has 0 radical (unpaired) electrons. The maximum atomic E-state index is 13.2. The van der Waals surface area contributed by atoms with Crippen molar-refractivity contribution in [3.8, 4) is 5.69 Å². The fourth-order valence-electron chi connectivity index (χ4n) is 3.93. The molecule has 2 heterocycles. The van der Waals surface area contributed by atoms with E-state index in [4.69, 9.17) is 15.7 Å². The molecule has 0 atom stereocenters. The smallest absolute Gasteiger partial charge is 0.257 e. The zero-order chi connectivity index (χ0) is 22.7. The number of nitrogens with zero attached hydrogens (tertiary/aromatic N) is 3. The number of halogens is 1. The summed E-state index contributed by atoms with van der Waals surface area (Å²) in [5.41, 5.74) is 11.5. The number of unbranched alkanes of at least 4 members (excludes halogenated alkanes) is 4. The van der Waals surface area contributed by atoms with Crippen LogP contribution in [0.15, 0.2) is 46.9 Å². The molecule has 0 aliphatic rings. The first kappa shape index (κ1) is 22.3. The van der Waals surface area contributed by atoms with E-state index in [9.17, 15) is 4.79 Å². The molecular formula is C25H28BrN5O. The lowest BCUT2D eigenvalue weighted by molar-refractivity contribution is 0.0955. The van der Waals surface area contributed by atoms with E-state index < -0.39 is 0 Å². The van der Waals surface area contributed by atoms with Gasteiger partial charge in [0.05, 0.1) is 11.0 Å². The predicted molar refractivity (Wildman–Crippen MR) is 134 cm³/mol. The summed E-state index contributed by atoms with van der Waals surface area (Å²) in [5, 5.41) is 3.03. The van der Waals surface area contributed by atoms with Gasteiger partial charge in [0.2, 0.25) is 0 Å². The van der Waals surface area contributed by atoms with Gasteiger partial charge in [-0.25, -0.2) is 9.97 Å². The van der Waals surface area contributed by atoms with Crippen LogP contribution in [0.5, 0.6) is 0 Å². The second-order valence-electron chi connectivity index (χ2n) is 8.08. The number of nitrogen functional groups attached to an aromatic ring is 1. The molecule has 166 valence electrons. The second kappa shape index (κ2) is 9.69. The summed E-state index contributed by atoms with van der Waals surface area (Å²) in [5.74, 6) is 0.140. The van der Waals surface area contributed by atoms with Crippen LogP contribution in [0, 0.1) is 6.92 Å². The van der Waals surface area contributed by atoms with Crippen LogP contribution in [-0.2, 0) is 0 Å². The van der Waals surface area contributed by atoms with Gasteiger partial charge in [-0.1, -0.05) is 60.7 Å². The summed E-state index contributed by atoms with van der Waals surface area (Å²) in [7, 11) is 0. The van der Waals surface area contributed by atoms with E-state index in [1.165, 1.54) is 19.3 Å². The highest BCUT2D eigenvalue weighted by Crippen LogP contribution is 2.32. The highest BCUT2D eigenvalue weighted by Gasteiger charge is 2.24. The number of benzene rings is 2. The number of fused-ring (bicyclic) bond motifs is 2. The van der Waals surface area contributed by atoms with Crippen LogP contribution < -0.4 is 11.1 Å². The number of hydrogen-bond acceptors (Lipinski definition) is 4. The van der Waals surface area contributed by atoms with Gasteiger partial charge in [-0.2, -0.15) is 0 Å².